The van der Waals surface area contributed by atoms with Gasteiger partial charge in [-0.3, -0.25) is 9.78 Å². The van der Waals surface area contributed by atoms with Crippen LogP contribution >= 0.6 is 0 Å². The molecule has 7 heteroatoms. The fraction of sp³-hybridized carbons (Fsp3) is 0.419. The minimum atomic E-state index is -1.24. The molecule has 2 aromatic heterocycles. The maximum absolute atomic E-state index is 12.2. The van der Waals surface area contributed by atoms with Crippen LogP contribution in [-0.2, 0) is 30.9 Å². The number of allylic oxidation sites excluding steroid dienone is 2. The Hall–Kier alpha value is -3.38. The summed E-state index contributed by atoms with van der Waals surface area (Å²) in [4.78, 5) is 21.7. The monoisotopic (exact) mass is 867 g/mol. The Labute approximate surface area is 315 Å². The van der Waals surface area contributed by atoms with Crippen molar-refractivity contribution in [2.24, 2.45) is 10.8 Å². The van der Waals surface area contributed by atoms with Crippen molar-refractivity contribution in [2.45, 2.75) is 107 Å². The molecule has 1 N–H and O–H groups in total. The Morgan fingerprint density at radius 2 is 1.50 bits per heavy atom. The molecule has 0 atom stereocenters. The fourth-order valence-electron chi connectivity index (χ4n) is 6.34. The molecule has 1 radical (unpaired) electrons. The second-order valence-corrected chi connectivity index (χ2v) is 20.8. The zero-order valence-corrected chi connectivity index (χ0v) is 35.4. The van der Waals surface area contributed by atoms with E-state index in [1.54, 1.807) is 6.33 Å². The molecular formula is C43H56IrN3O2Si-. The van der Waals surface area contributed by atoms with E-state index < -0.39 is 8.07 Å². The summed E-state index contributed by atoms with van der Waals surface area (Å²) in [5.41, 5.74) is 9.39. The Morgan fingerprint density at radius 1 is 0.880 bits per heavy atom. The normalized spacial score (nSPS) is 12.4. The summed E-state index contributed by atoms with van der Waals surface area (Å²) in [6.45, 7) is 23.6. The zero-order chi connectivity index (χ0) is 36.1. The number of nitrogens with zero attached hydrogens (tertiary/aromatic N) is 3. The molecule has 3 aromatic carbocycles. The van der Waals surface area contributed by atoms with Gasteiger partial charge in [0.05, 0.1) is 16.6 Å². The summed E-state index contributed by atoms with van der Waals surface area (Å²) in [5, 5.41) is 11.3. The molecule has 0 saturated carbocycles. The van der Waals surface area contributed by atoms with Crippen LogP contribution in [-0.4, -0.2) is 33.5 Å². The van der Waals surface area contributed by atoms with E-state index >= 15 is 0 Å². The van der Waals surface area contributed by atoms with E-state index in [2.05, 4.69) is 105 Å². The smallest absolute Gasteiger partial charge is 0.164 e. The predicted molar refractivity (Wildman–Crippen MR) is 210 cm³/mol. The van der Waals surface area contributed by atoms with E-state index in [1.807, 2.05) is 41.5 Å². The SMILES string of the molecule is CCC(C)(CC)C(=O)/C=C(\O)C(C)(CC)CC.Cc1[c-]c(-c2ncnc3c4ccc(C[Si](C)(C)C)cc4n(-c4ccccc4)c23)cc(C)c1.[Ir]. The Bertz CT molecular complexity index is 1930. The first-order chi connectivity index (χ1) is 23.1. The van der Waals surface area contributed by atoms with E-state index in [9.17, 15) is 9.90 Å². The molecule has 0 amide bonds. The van der Waals surface area contributed by atoms with Crippen molar-refractivity contribution in [3.8, 4) is 16.9 Å². The molecule has 50 heavy (non-hydrogen) atoms. The molecule has 5 aromatic rings. The van der Waals surface area contributed by atoms with Gasteiger partial charge in [-0.2, -0.15) is 0 Å². The number of carbonyl (C=O) groups is 1. The number of aromatic nitrogens is 3. The van der Waals surface area contributed by atoms with E-state index in [1.165, 1.54) is 22.7 Å². The molecule has 0 saturated heterocycles. The molecule has 0 unspecified atom stereocenters. The molecule has 0 bridgehead atoms. The van der Waals surface area contributed by atoms with Gasteiger partial charge in [-0.25, -0.2) is 4.98 Å². The van der Waals surface area contributed by atoms with Gasteiger partial charge < -0.3 is 9.67 Å². The van der Waals surface area contributed by atoms with Gasteiger partial charge in [0.15, 0.2) is 5.78 Å². The molecular weight excluding hydrogens is 811 g/mol. The van der Waals surface area contributed by atoms with Gasteiger partial charge in [0.1, 0.15) is 12.1 Å². The Balaban J connectivity index is 0.000000323. The number of aliphatic hydroxyl groups is 1. The van der Waals surface area contributed by atoms with Gasteiger partial charge in [0.2, 0.25) is 0 Å². The molecule has 2 heterocycles. The van der Waals surface area contributed by atoms with Crippen molar-refractivity contribution in [2.75, 3.05) is 0 Å². The fourth-order valence-corrected chi connectivity index (χ4v) is 7.79. The van der Waals surface area contributed by atoms with Crippen molar-refractivity contribution in [3.63, 3.8) is 0 Å². The standard InChI is InChI=1S/C28H28N3Si.C15H28O2.Ir/c1-19-13-20(2)15-22(14-19)26-28-27(30-18-29-26)24-12-11-21(17-32(3,4)5)16-25(24)31(28)23-9-7-6-8-10-23;1-7-14(5,8-2)12(16)11-13(17)15(6,9-3)10-4;/h6-14,16,18H,17H2,1-5H3;11,16H,7-10H2,1-6H3;/q-1;;/b;12-11-;. The quantitative estimate of drug-likeness (QED) is 0.0621. The Morgan fingerprint density at radius 3 is 2.06 bits per heavy atom. The average molecular weight is 867 g/mol. The van der Waals surface area contributed by atoms with Crippen molar-refractivity contribution in [1.82, 2.24) is 14.5 Å². The predicted octanol–water partition coefficient (Wildman–Crippen LogP) is 11.7. The van der Waals surface area contributed by atoms with Crippen LogP contribution < -0.4 is 0 Å². The first-order valence-electron chi connectivity index (χ1n) is 17.9. The number of benzene rings is 3. The van der Waals surface area contributed by atoms with Crippen molar-refractivity contribution in [1.29, 1.82) is 0 Å². The van der Waals surface area contributed by atoms with Crippen LogP contribution in [0.4, 0.5) is 0 Å². The van der Waals surface area contributed by atoms with E-state index in [0.717, 1.165) is 70.7 Å². The second kappa shape index (κ2) is 16.8. The van der Waals surface area contributed by atoms with Gasteiger partial charge in [-0.05, 0) is 55.5 Å². The maximum atomic E-state index is 12.2. The molecule has 0 fully saturated rings. The van der Waals surface area contributed by atoms with Gasteiger partial charge in [-0.1, -0.05) is 105 Å². The zero-order valence-electron chi connectivity index (χ0n) is 32.0. The summed E-state index contributed by atoms with van der Waals surface area (Å²) in [6, 6.07) is 26.4. The van der Waals surface area contributed by atoms with Crippen LogP contribution in [0.2, 0.25) is 19.6 Å². The largest absolute Gasteiger partial charge is 0.512 e. The molecule has 0 aliphatic rings. The van der Waals surface area contributed by atoms with Crippen LogP contribution in [0.25, 0.3) is 38.9 Å². The van der Waals surface area contributed by atoms with Gasteiger partial charge in [0.25, 0.3) is 0 Å². The number of ketones is 1. The van der Waals surface area contributed by atoms with Gasteiger partial charge in [0, 0.05) is 61.9 Å². The van der Waals surface area contributed by atoms with Crippen LogP contribution in [0.15, 0.2) is 78.8 Å². The average Bonchev–Trinajstić information content (AvgIpc) is 3.40. The summed E-state index contributed by atoms with van der Waals surface area (Å²) in [6.07, 6.45) is 6.44. The van der Waals surface area contributed by atoms with Gasteiger partial charge in [-0.15, -0.1) is 34.9 Å². The Kier molecular flexibility index (Phi) is 13.8. The molecule has 5 nitrogen and oxygen atoms in total. The number of rotatable bonds is 11. The molecule has 0 aliphatic carbocycles. The molecule has 269 valence electrons. The van der Waals surface area contributed by atoms with Crippen molar-refractivity contribution in [3.05, 3.63) is 102 Å². The number of aryl methyl sites for hydroxylation is 2. The third-order valence-electron chi connectivity index (χ3n) is 10.4. The number of carbonyl (C=O) groups excluding carboxylic acids is 1. The number of para-hydroxylation sites is 1. The second-order valence-electron chi connectivity index (χ2n) is 15.4. The number of hydrogen-bond donors (Lipinski definition) is 1. The number of aliphatic hydroxyl groups excluding tert-OH is 1. The van der Waals surface area contributed by atoms with Gasteiger partial charge >= 0.3 is 0 Å². The van der Waals surface area contributed by atoms with Crippen molar-refractivity contribution >= 4 is 35.8 Å². The first-order valence-corrected chi connectivity index (χ1v) is 21.6. The summed E-state index contributed by atoms with van der Waals surface area (Å²) in [5.74, 6) is 0.286. The minimum Gasteiger partial charge on any atom is -0.512 e. The van der Waals surface area contributed by atoms with E-state index in [-0.39, 0.29) is 42.5 Å². The van der Waals surface area contributed by atoms with Crippen LogP contribution in [0, 0.1) is 30.7 Å². The summed E-state index contributed by atoms with van der Waals surface area (Å²) in [7, 11) is -1.24. The third kappa shape index (κ3) is 9.09. The van der Waals surface area contributed by atoms with E-state index in [4.69, 9.17) is 9.97 Å². The van der Waals surface area contributed by atoms with Crippen LogP contribution in [0.3, 0.4) is 0 Å². The molecule has 0 spiro atoms. The van der Waals surface area contributed by atoms with Crippen LogP contribution in [0.5, 0.6) is 0 Å². The summed E-state index contributed by atoms with van der Waals surface area (Å²) >= 11 is 0. The summed E-state index contributed by atoms with van der Waals surface area (Å²) < 4.78 is 2.33. The van der Waals surface area contributed by atoms with E-state index in [0.29, 0.717) is 0 Å². The number of fused-ring (bicyclic) bond motifs is 3. The topological polar surface area (TPSA) is 68.0 Å². The van der Waals surface area contributed by atoms with Crippen molar-refractivity contribution < 1.29 is 30.0 Å². The van der Waals surface area contributed by atoms with Crippen LogP contribution in [0.1, 0.15) is 83.9 Å². The molecule has 5 rings (SSSR count). The maximum Gasteiger partial charge on any atom is 0.164 e. The number of hydrogen-bond acceptors (Lipinski definition) is 4. The molecule has 0 aliphatic heterocycles. The minimum absolute atomic E-state index is 0. The third-order valence-corrected chi connectivity index (χ3v) is 11.8. The first kappa shape index (κ1) is 41.0.